The van der Waals surface area contributed by atoms with Gasteiger partial charge in [0, 0.05) is 31.5 Å². The lowest BCUT2D eigenvalue weighted by Crippen LogP contribution is -2.31. The molecular weight excluding hydrogens is 276 g/mol. The number of amides is 1. The Bertz CT molecular complexity index is 563. The quantitative estimate of drug-likeness (QED) is 0.743. The van der Waals surface area contributed by atoms with Crippen molar-refractivity contribution in [3.8, 4) is 0 Å². The zero-order valence-corrected chi connectivity index (χ0v) is 12.3. The second kappa shape index (κ2) is 6.38. The first kappa shape index (κ1) is 14.3. The van der Waals surface area contributed by atoms with Gasteiger partial charge in [-0.05, 0) is 25.4 Å². The molecule has 0 aromatic carbocycles. The van der Waals surface area contributed by atoms with E-state index in [0.29, 0.717) is 17.1 Å². The average molecular weight is 294 g/mol. The normalized spacial score (nSPS) is 10.8. The Kier molecular flexibility index (Phi) is 4.57. The minimum absolute atomic E-state index is 0.0561. The van der Waals surface area contributed by atoms with Crippen molar-refractivity contribution in [3.63, 3.8) is 0 Å². The van der Waals surface area contributed by atoms with Crippen LogP contribution >= 0.6 is 11.5 Å². The molecule has 2 heterocycles. The van der Waals surface area contributed by atoms with Crippen LogP contribution in [-0.4, -0.2) is 32.4 Å². The Balaban J connectivity index is 1.99. The summed E-state index contributed by atoms with van der Waals surface area (Å²) >= 11 is 1.20. The van der Waals surface area contributed by atoms with Crippen molar-refractivity contribution in [2.45, 2.75) is 26.4 Å². The zero-order chi connectivity index (χ0) is 14.5. The number of imidazole rings is 1. The first-order chi connectivity index (χ1) is 9.58. The summed E-state index contributed by atoms with van der Waals surface area (Å²) in [5, 5.41) is 6.71. The van der Waals surface area contributed by atoms with E-state index in [1.54, 1.807) is 12.5 Å². The van der Waals surface area contributed by atoms with Gasteiger partial charge >= 0.3 is 0 Å². The molecule has 0 radical (unpaired) electrons. The van der Waals surface area contributed by atoms with Crippen LogP contribution in [0.25, 0.3) is 0 Å². The van der Waals surface area contributed by atoms with Gasteiger partial charge in [0.25, 0.3) is 5.91 Å². The zero-order valence-electron chi connectivity index (χ0n) is 11.5. The number of hydrogen-bond acceptors (Lipinski definition) is 6. The summed E-state index contributed by atoms with van der Waals surface area (Å²) < 4.78 is 5.99. The molecule has 0 unspecified atom stereocenters. The minimum Gasteiger partial charge on any atom is -0.382 e. The number of nitrogens with zero attached hydrogens (tertiary/aromatic N) is 3. The highest BCUT2D eigenvalue weighted by Gasteiger charge is 2.19. The molecule has 0 aliphatic carbocycles. The molecule has 2 aromatic rings. The molecule has 0 atom stereocenters. The van der Waals surface area contributed by atoms with E-state index in [-0.39, 0.29) is 17.8 Å². The van der Waals surface area contributed by atoms with Gasteiger partial charge in [-0.15, -0.1) is 0 Å². The van der Waals surface area contributed by atoms with Crippen LogP contribution in [0.4, 0.5) is 10.8 Å². The maximum atomic E-state index is 12.1. The first-order valence-corrected chi connectivity index (χ1v) is 7.11. The second-order valence-electron chi connectivity index (χ2n) is 4.63. The lowest BCUT2D eigenvalue weighted by Gasteiger charge is -2.10. The van der Waals surface area contributed by atoms with Crippen molar-refractivity contribution in [2.24, 2.45) is 0 Å². The number of hydrogen-bond donors (Lipinski definition) is 3. The Hall–Kier alpha value is -2.09. The van der Waals surface area contributed by atoms with Crippen LogP contribution in [0.3, 0.4) is 0 Å². The Morgan fingerprint density at radius 1 is 1.55 bits per heavy atom. The van der Waals surface area contributed by atoms with Gasteiger partial charge in [-0.2, -0.15) is 4.37 Å². The molecule has 0 saturated heterocycles. The fourth-order valence-electron chi connectivity index (χ4n) is 1.69. The highest BCUT2D eigenvalue weighted by molar-refractivity contribution is 7.11. The number of aromatic nitrogens is 3. The van der Waals surface area contributed by atoms with E-state index in [1.165, 1.54) is 11.5 Å². The third kappa shape index (κ3) is 3.47. The molecule has 8 heteroatoms. The molecule has 1 amide bonds. The van der Waals surface area contributed by atoms with Gasteiger partial charge in [-0.3, -0.25) is 4.79 Å². The lowest BCUT2D eigenvalue weighted by molar-refractivity contribution is 0.0945. The largest absolute Gasteiger partial charge is 0.382 e. The van der Waals surface area contributed by atoms with Crippen LogP contribution < -0.4 is 16.4 Å². The molecule has 0 bridgehead atoms. The van der Waals surface area contributed by atoms with Crippen molar-refractivity contribution in [1.29, 1.82) is 0 Å². The Morgan fingerprint density at radius 2 is 2.35 bits per heavy atom. The number of nitrogens with one attached hydrogen (secondary N) is 2. The molecule has 4 N–H and O–H groups in total. The fraction of sp³-hybridized carbons (Fsp3) is 0.417. The van der Waals surface area contributed by atoms with Crippen molar-refractivity contribution >= 4 is 28.3 Å². The van der Waals surface area contributed by atoms with Crippen molar-refractivity contribution in [2.75, 3.05) is 17.6 Å². The Labute approximate surface area is 121 Å². The summed E-state index contributed by atoms with van der Waals surface area (Å²) in [5.41, 5.74) is 6.19. The second-order valence-corrected chi connectivity index (χ2v) is 5.40. The van der Waals surface area contributed by atoms with Gasteiger partial charge in [0.05, 0.1) is 6.33 Å². The van der Waals surface area contributed by atoms with Crippen LogP contribution in [-0.2, 0) is 6.54 Å². The third-order valence-electron chi connectivity index (χ3n) is 2.58. The summed E-state index contributed by atoms with van der Waals surface area (Å²) in [6.45, 7) is 5.23. The molecule has 20 heavy (non-hydrogen) atoms. The van der Waals surface area contributed by atoms with Crippen molar-refractivity contribution in [1.82, 2.24) is 19.2 Å². The number of carbonyl (C=O) groups is 1. The summed E-state index contributed by atoms with van der Waals surface area (Å²) in [6.07, 6.45) is 5.36. The summed E-state index contributed by atoms with van der Waals surface area (Å²) in [4.78, 5) is 16.0. The van der Waals surface area contributed by atoms with E-state index in [1.807, 2.05) is 24.6 Å². The highest BCUT2D eigenvalue weighted by atomic mass is 32.1. The highest BCUT2D eigenvalue weighted by Crippen LogP contribution is 2.26. The fourth-order valence-corrected chi connectivity index (χ4v) is 2.43. The van der Waals surface area contributed by atoms with Gasteiger partial charge < -0.3 is 20.9 Å². The van der Waals surface area contributed by atoms with Crippen LogP contribution in [0.5, 0.6) is 0 Å². The van der Waals surface area contributed by atoms with Crippen LogP contribution in [0.2, 0.25) is 0 Å². The molecule has 108 valence electrons. The molecule has 0 aliphatic rings. The van der Waals surface area contributed by atoms with E-state index >= 15 is 0 Å². The van der Waals surface area contributed by atoms with E-state index < -0.39 is 0 Å². The SMILES string of the molecule is CC(C)NC(=O)c1c(N)nsc1NCCn1ccnc1. The summed E-state index contributed by atoms with van der Waals surface area (Å²) in [5.74, 6) is 0.0645. The number of anilines is 2. The Morgan fingerprint density at radius 3 is 3.00 bits per heavy atom. The summed E-state index contributed by atoms with van der Waals surface area (Å²) in [7, 11) is 0. The minimum atomic E-state index is -0.198. The predicted molar refractivity (Wildman–Crippen MR) is 79.8 cm³/mol. The van der Waals surface area contributed by atoms with Gasteiger partial charge in [-0.25, -0.2) is 4.98 Å². The number of carbonyl (C=O) groups excluding carboxylic acids is 1. The van der Waals surface area contributed by atoms with Crippen LogP contribution in [0, 0.1) is 0 Å². The number of nitrogen functional groups attached to an aromatic ring is 1. The average Bonchev–Trinajstić information content (AvgIpc) is 2.98. The maximum absolute atomic E-state index is 12.1. The monoisotopic (exact) mass is 294 g/mol. The molecule has 0 saturated carbocycles. The van der Waals surface area contributed by atoms with E-state index in [0.717, 1.165) is 6.54 Å². The van der Waals surface area contributed by atoms with Gasteiger partial charge in [0.1, 0.15) is 10.6 Å². The molecular formula is C12H18N6OS. The molecule has 2 aromatic heterocycles. The number of rotatable bonds is 6. The van der Waals surface area contributed by atoms with E-state index in [9.17, 15) is 4.79 Å². The van der Waals surface area contributed by atoms with Crippen molar-refractivity contribution in [3.05, 3.63) is 24.3 Å². The molecule has 0 spiro atoms. The van der Waals surface area contributed by atoms with E-state index in [2.05, 4.69) is 20.0 Å². The van der Waals surface area contributed by atoms with E-state index in [4.69, 9.17) is 5.73 Å². The van der Waals surface area contributed by atoms with Crippen LogP contribution in [0.15, 0.2) is 18.7 Å². The number of nitrogens with two attached hydrogens (primary N) is 1. The predicted octanol–water partition coefficient (Wildman–Crippen LogP) is 1.17. The smallest absolute Gasteiger partial charge is 0.258 e. The lowest BCUT2D eigenvalue weighted by atomic mass is 10.2. The summed E-state index contributed by atoms with van der Waals surface area (Å²) in [6, 6.07) is 0.0561. The van der Waals surface area contributed by atoms with Crippen molar-refractivity contribution < 1.29 is 4.79 Å². The topological polar surface area (TPSA) is 97.9 Å². The van der Waals surface area contributed by atoms with Gasteiger partial charge in [-0.1, -0.05) is 0 Å². The first-order valence-electron chi connectivity index (χ1n) is 6.33. The molecule has 2 rings (SSSR count). The molecule has 0 fully saturated rings. The van der Waals surface area contributed by atoms with Gasteiger partial charge in [0.2, 0.25) is 0 Å². The van der Waals surface area contributed by atoms with Crippen LogP contribution in [0.1, 0.15) is 24.2 Å². The molecule has 7 nitrogen and oxygen atoms in total. The van der Waals surface area contributed by atoms with Gasteiger partial charge in [0.15, 0.2) is 5.82 Å². The maximum Gasteiger partial charge on any atom is 0.258 e. The standard InChI is InChI=1S/C12H18N6OS/c1-8(2)16-11(19)9-10(13)17-20-12(9)15-4-6-18-5-3-14-7-18/h3,5,7-8,15H,4,6H2,1-2H3,(H2,13,17)(H,16,19). The third-order valence-corrected chi connectivity index (χ3v) is 3.40. The molecule has 0 aliphatic heterocycles.